The van der Waals surface area contributed by atoms with Gasteiger partial charge in [-0.2, -0.15) is 0 Å². The Morgan fingerprint density at radius 1 is 1.35 bits per heavy atom. The number of benzene rings is 1. The van der Waals surface area contributed by atoms with Crippen LogP contribution >= 0.6 is 0 Å². The van der Waals surface area contributed by atoms with Crippen molar-refractivity contribution in [2.24, 2.45) is 10.6 Å². The maximum Gasteiger partial charge on any atom is 0.238 e. The van der Waals surface area contributed by atoms with E-state index in [0.29, 0.717) is 26.2 Å². The fourth-order valence-corrected chi connectivity index (χ4v) is 2.43. The van der Waals surface area contributed by atoms with Gasteiger partial charge in [-0.05, 0) is 31.0 Å². The quantitative estimate of drug-likeness (QED) is 0.801. The highest BCUT2D eigenvalue weighted by Gasteiger charge is 2.40. The summed E-state index contributed by atoms with van der Waals surface area (Å²) in [6, 6.07) is 6.32. The molecule has 7 heteroatoms. The fraction of sp³-hybridized carbons (Fsp3) is 0.462. The van der Waals surface area contributed by atoms with Crippen molar-refractivity contribution >= 4 is 15.9 Å². The Morgan fingerprint density at radius 3 is 2.40 bits per heavy atom. The molecule has 0 atom stereocenters. The molecule has 2 rings (SSSR count). The lowest BCUT2D eigenvalue weighted by molar-refractivity contribution is -0.157. The van der Waals surface area contributed by atoms with Gasteiger partial charge in [-0.1, -0.05) is 12.1 Å². The minimum absolute atomic E-state index is 0.00935. The normalized spacial score (nSPS) is 17.3. The largest absolute Gasteiger partial charge is 0.379 e. The van der Waals surface area contributed by atoms with Crippen molar-refractivity contribution in [2.45, 2.75) is 18.2 Å². The summed E-state index contributed by atoms with van der Waals surface area (Å²) in [5, 5.41) is 7.88. The zero-order valence-corrected chi connectivity index (χ0v) is 12.1. The number of hydrogen-bond donors (Lipinski definition) is 2. The van der Waals surface area contributed by atoms with E-state index in [9.17, 15) is 13.2 Å². The fourth-order valence-electron chi connectivity index (χ4n) is 1.92. The molecular weight excluding hydrogens is 280 g/mol. The van der Waals surface area contributed by atoms with E-state index in [1.54, 1.807) is 12.1 Å². The molecule has 0 radical (unpaired) electrons. The average Bonchev–Trinajstić information content (AvgIpc) is 2.35. The molecule has 0 saturated carbocycles. The maximum absolute atomic E-state index is 11.8. The number of nitrogens with one attached hydrogen (secondary N) is 1. The Hall–Kier alpha value is -1.44. The molecule has 1 fully saturated rings. The van der Waals surface area contributed by atoms with E-state index in [1.165, 1.54) is 12.1 Å². The number of nitrogens with two attached hydrogens (primary N) is 1. The molecule has 1 aromatic carbocycles. The molecule has 0 aliphatic carbocycles. The lowest BCUT2D eigenvalue weighted by Crippen LogP contribution is -2.52. The van der Waals surface area contributed by atoms with Crippen molar-refractivity contribution in [3.8, 4) is 0 Å². The van der Waals surface area contributed by atoms with Crippen LogP contribution in [-0.4, -0.2) is 34.1 Å². The summed E-state index contributed by atoms with van der Waals surface area (Å²) in [5.74, 6) is -0.00935. The number of primary sulfonamides is 1. The summed E-state index contributed by atoms with van der Waals surface area (Å²) in [6.07, 6.45) is 0.633. The first kappa shape index (κ1) is 15.0. The van der Waals surface area contributed by atoms with E-state index < -0.39 is 15.4 Å². The van der Waals surface area contributed by atoms with Crippen LogP contribution in [0, 0.1) is 5.41 Å². The highest BCUT2D eigenvalue weighted by atomic mass is 32.2. The van der Waals surface area contributed by atoms with Crippen LogP contribution in [0.1, 0.15) is 12.5 Å². The number of rotatable bonds is 5. The van der Waals surface area contributed by atoms with Crippen molar-refractivity contribution in [1.29, 1.82) is 0 Å². The van der Waals surface area contributed by atoms with Gasteiger partial charge in [0.25, 0.3) is 0 Å². The number of amides is 1. The Labute approximate surface area is 118 Å². The standard InChI is InChI=1S/C13H18N2O4S/c1-13(8-19-9-13)12(16)15-7-6-10-2-4-11(5-3-10)20(14,17)18/h2-5H,6-9H2,1H3,(H,15,16)(H2,14,17,18). The highest BCUT2D eigenvalue weighted by Crippen LogP contribution is 2.26. The topological polar surface area (TPSA) is 98.5 Å². The lowest BCUT2D eigenvalue weighted by atomic mass is 9.87. The SMILES string of the molecule is CC1(C(=O)NCCc2ccc(S(N)(=O)=O)cc2)COC1. The van der Waals surface area contributed by atoms with Crippen LogP contribution in [-0.2, 0) is 26.0 Å². The summed E-state index contributed by atoms with van der Waals surface area (Å²) >= 11 is 0. The van der Waals surface area contributed by atoms with Gasteiger partial charge in [0.15, 0.2) is 0 Å². The molecule has 1 aromatic rings. The maximum atomic E-state index is 11.8. The first-order valence-electron chi connectivity index (χ1n) is 6.29. The Bertz CT molecular complexity index is 591. The van der Waals surface area contributed by atoms with Gasteiger partial charge in [0, 0.05) is 6.54 Å². The molecule has 1 saturated heterocycles. The summed E-state index contributed by atoms with van der Waals surface area (Å²) in [5.41, 5.74) is 0.532. The van der Waals surface area contributed by atoms with Crippen LogP contribution in [0.3, 0.4) is 0 Å². The Morgan fingerprint density at radius 2 is 1.95 bits per heavy atom. The molecule has 3 N–H and O–H groups in total. The number of carbonyl (C=O) groups excluding carboxylic acids is 1. The van der Waals surface area contributed by atoms with Crippen molar-refractivity contribution in [3.63, 3.8) is 0 Å². The Balaban J connectivity index is 1.84. The Kier molecular flexibility index (Phi) is 4.12. The van der Waals surface area contributed by atoms with Crippen molar-refractivity contribution in [1.82, 2.24) is 5.32 Å². The van der Waals surface area contributed by atoms with E-state index in [2.05, 4.69) is 5.32 Å². The van der Waals surface area contributed by atoms with Crippen LogP contribution in [0.15, 0.2) is 29.2 Å². The van der Waals surface area contributed by atoms with Gasteiger partial charge in [0.05, 0.1) is 23.5 Å². The van der Waals surface area contributed by atoms with Crippen molar-refractivity contribution in [3.05, 3.63) is 29.8 Å². The first-order valence-corrected chi connectivity index (χ1v) is 7.84. The molecule has 1 amide bonds. The second kappa shape index (κ2) is 5.51. The third-order valence-corrected chi connectivity index (χ3v) is 4.27. The molecule has 0 bridgehead atoms. The van der Waals surface area contributed by atoms with Crippen molar-refractivity contribution < 1.29 is 17.9 Å². The summed E-state index contributed by atoms with van der Waals surface area (Å²) < 4.78 is 27.3. The third kappa shape index (κ3) is 3.36. The predicted molar refractivity (Wildman–Crippen MR) is 73.5 cm³/mol. The zero-order chi connectivity index (χ0) is 14.8. The molecule has 0 aromatic heterocycles. The summed E-state index contributed by atoms with van der Waals surface area (Å²) in [7, 11) is -3.65. The van der Waals surface area contributed by atoms with Crippen LogP contribution in [0.4, 0.5) is 0 Å². The van der Waals surface area contributed by atoms with Gasteiger partial charge in [0.1, 0.15) is 0 Å². The first-order chi connectivity index (χ1) is 9.31. The molecule has 1 aliphatic heterocycles. The molecule has 1 heterocycles. The van der Waals surface area contributed by atoms with E-state index in [0.717, 1.165) is 5.56 Å². The average molecular weight is 298 g/mol. The van der Waals surface area contributed by atoms with Crippen LogP contribution in [0.2, 0.25) is 0 Å². The van der Waals surface area contributed by atoms with Gasteiger partial charge in [-0.25, -0.2) is 13.6 Å². The summed E-state index contributed by atoms with van der Waals surface area (Å²) in [4.78, 5) is 11.9. The molecule has 0 unspecified atom stereocenters. The second-order valence-electron chi connectivity index (χ2n) is 5.25. The van der Waals surface area contributed by atoms with E-state index >= 15 is 0 Å². The zero-order valence-electron chi connectivity index (χ0n) is 11.3. The van der Waals surface area contributed by atoms with Gasteiger partial charge in [-0.15, -0.1) is 0 Å². The second-order valence-corrected chi connectivity index (χ2v) is 6.81. The van der Waals surface area contributed by atoms with E-state index in [1.807, 2.05) is 6.92 Å². The van der Waals surface area contributed by atoms with E-state index in [4.69, 9.17) is 9.88 Å². The monoisotopic (exact) mass is 298 g/mol. The lowest BCUT2D eigenvalue weighted by Gasteiger charge is -2.36. The minimum atomic E-state index is -3.65. The number of carbonyl (C=O) groups is 1. The molecular formula is C13H18N2O4S. The summed E-state index contributed by atoms with van der Waals surface area (Å²) in [6.45, 7) is 3.29. The smallest absolute Gasteiger partial charge is 0.238 e. The number of hydrogen-bond acceptors (Lipinski definition) is 4. The predicted octanol–water partition coefficient (Wildman–Crippen LogP) is 0.0292. The molecule has 20 heavy (non-hydrogen) atoms. The van der Waals surface area contributed by atoms with Gasteiger partial charge in [0.2, 0.25) is 15.9 Å². The van der Waals surface area contributed by atoms with E-state index in [-0.39, 0.29) is 10.8 Å². The molecule has 6 nitrogen and oxygen atoms in total. The van der Waals surface area contributed by atoms with Gasteiger partial charge >= 0.3 is 0 Å². The van der Waals surface area contributed by atoms with Crippen LogP contribution in [0.5, 0.6) is 0 Å². The molecule has 0 spiro atoms. The van der Waals surface area contributed by atoms with Gasteiger partial charge < -0.3 is 10.1 Å². The third-order valence-electron chi connectivity index (χ3n) is 3.34. The number of sulfonamides is 1. The van der Waals surface area contributed by atoms with Crippen LogP contribution < -0.4 is 10.5 Å². The van der Waals surface area contributed by atoms with Crippen LogP contribution in [0.25, 0.3) is 0 Å². The molecule has 110 valence electrons. The van der Waals surface area contributed by atoms with Crippen molar-refractivity contribution in [2.75, 3.05) is 19.8 Å². The molecule has 1 aliphatic rings. The highest BCUT2D eigenvalue weighted by molar-refractivity contribution is 7.89. The minimum Gasteiger partial charge on any atom is -0.379 e. The van der Waals surface area contributed by atoms with Gasteiger partial charge in [-0.3, -0.25) is 4.79 Å². The number of ether oxygens (including phenoxy) is 1.